The number of carbonyl (C=O) groups excluding carboxylic acids is 1. The molecule has 2 N–H and O–H groups in total. The van der Waals surface area contributed by atoms with Gasteiger partial charge in [-0.25, -0.2) is 4.98 Å². The predicted octanol–water partition coefficient (Wildman–Crippen LogP) is 1.25. The molecular formula is C18H27N3O4. The fraction of sp³-hybridized carbons (Fsp3) is 0.722. The fourth-order valence-electron chi connectivity index (χ4n) is 3.85. The Bertz CT molecular complexity index is 692. The number of H-pyrrole nitrogens is 1. The number of aliphatic hydroxyl groups is 1. The normalized spacial score (nSPS) is 26.2. The molecule has 1 aromatic rings. The quantitative estimate of drug-likeness (QED) is 0.838. The highest BCUT2D eigenvalue weighted by Crippen LogP contribution is 2.39. The number of amides is 1. The van der Waals surface area contributed by atoms with Crippen molar-refractivity contribution in [1.29, 1.82) is 0 Å². The average Bonchev–Trinajstić information content (AvgIpc) is 2.54. The Morgan fingerprint density at radius 1 is 1.44 bits per heavy atom. The van der Waals surface area contributed by atoms with Crippen molar-refractivity contribution in [3.8, 4) is 0 Å². The Morgan fingerprint density at radius 2 is 2.12 bits per heavy atom. The summed E-state index contributed by atoms with van der Waals surface area (Å²) >= 11 is 0. The first-order valence-electron chi connectivity index (χ1n) is 9.01. The van der Waals surface area contributed by atoms with Gasteiger partial charge in [0.15, 0.2) is 0 Å². The highest BCUT2D eigenvalue weighted by atomic mass is 16.5. The Labute approximate surface area is 147 Å². The molecule has 1 spiro atoms. The molecule has 3 heterocycles. The summed E-state index contributed by atoms with van der Waals surface area (Å²) in [6, 6.07) is 0. The van der Waals surface area contributed by atoms with Gasteiger partial charge in [-0.1, -0.05) is 13.8 Å². The van der Waals surface area contributed by atoms with E-state index in [1.54, 1.807) is 11.8 Å². The summed E-state index contributed by atoms with van der Waals surface area (Å²) in [5, 5.41) is 10.2. The van der Waals surface area contributed by atoms with Gasteiger partial charge in [0.05, 0.1) is 17.8 Å². The van der Waals surface area contributed by atoms with Gasteiger partial charge in [-0.2, -0.15) is 0 Å². The number of hydrogen-bond donors (Lipinski definition) is 2. The number of aliphatic hydroxyl groups excluding tert-OH is 1. The molecular weight excluding hydrogens is 322 g/mol. The summed E-state index contributed by atoms with van der Waals surface area (Å²) in [5.41, 5.74) is -0.686. The Hall–Kier alpha value is -1.73. The molecule has 0 bridgehead atoms. The van der Waals surface area contributed by atoms with Crippen LogP contribution in [0.1, 0.15) is 55.7 Å². The summed E-state index contributed by atoms with van der Waals surface area (Å²) < 4.78 is 6.34. The zero-order valence-corrected chi connectivity index (χ0v) is 15.1. The number of aryl methyl sites for hydroxylation is 1. The number of nitrogens with one attached hydrogen (secondary N) is 1. The lowest BCUT2D eigenvalue weighted by Gasteiger charge is -2.48. The smallest absolute Gasteiger partial charge is 0.263 e. The number of likely N-dealkylation sites (tertiary alicyclic amines) is 1. The first-order chi connectivity index (χ1) is 11.8. The molecule has 0 unspecified atom stereocenters. The monoisotopic (exact) mass is 349 g/mol. The lowest BCUT2D eigenvalue weighted by Crippen LogP contribution is -2.54. The number of hydrogen-bond acceptors (Lipinski definition) is 5. The van der Waals surface area contributed by atoms with Crippen molar-refractivity contribution in [2.24, 2.45) is 5.92 Å². The van der Waals surface area contributed by atoms with Crippen LogP contribution >= 0.6 is 0 Å². The van der Waals surface area contributed by atoms with E-state index in [9.17, 15) is 14.7 Å². The van der Waals surface area contributed by atoms with E-state index in [1.165, 1.54) is 6.20 Å². The minimum atomic E-state index is -0.401. The summed E-state index contributed by atoms with van der Waals surface area (Å²) in [4.78, 5) is 32.9. The third-order valence-electron chi connectivity index (χ3n) is 5.38. The third-order valence-corrected chi connectivity index (χ3v) is 5.38. The van der Waals surface area contributed by atoms with Crippen molar-refractivity contribution in [1.82, 2.24) is 14.9 Å². The molecule has 25 heavy (non-hydrogen) atoms. The van der Waals surface area contributed by atoms with Gasteiger partial charge in [0, 0.05) is 25.7 Å². The summed E-state index contributed by atoms with van der Waals surface area (Å²) in [6.45, 7) is 6.92. The van der Waals surface area contributed by atoms with E-state index in [0.29, 0.717) is 50.5 Å². The molecule has 1 aromatic heterocycles. The Kier molecular flexibility index (Phi) is 4.97. The molecule has 7 nitrogen and oxygen atoms in total. The van der Waals surface area contributed by atoms with E-state index < -0.39 is 5.56 Å². The molecule has 2 fully saturated rings. The van der Waals surface area contributed by atoms with Gasteiger partial charge in [0.25, 0.3) is 11.5 Å². The van der Waals surface area contributed by atoms with Gasteiger partial charge >= 0.3 is 0 Å². The number of rotatable bonds is 2. The number of nitrogens with zero attached hydrogens (tertiary/aromatic N) is 2. The lowest BCUT2D eigenvalue weighted by atomic mass is 9.80. The van der Waals surface area contributed by atoms with Crippen LogP contribution in [0.5, 0.6) is 0 Å². The second kappa shape index (κ2) is 6.88. The van der Waals surface area contributed by atoms with Crippen molar-refractivity contribution in [2.75, 3.05) is 13.1 Å². The molecule has 3 rings (SSSR count). The van der Waals surface area contributed by atoms with Crippen LogP contribution in [0.4, 0.5) is 0 Å². The standard InChI is InChI=1S/C18H27N3O4/c1-11(2)15-8-13(22)9-18(25-15)4-6-21(7-5-18)17(24)14-10-19-12(3)20-16(14)23/h10-11,13,15,22H,4-9H2,1-3H3,(H,19,20,23)/t13-,15-/m1/s1. The summed E-state index contributed by atoms with van der Waals surface area (Å²) in [7, 11) is 0. The molecule has 0 aromatic carbocycles. The van der Waals surface area contributed by atoms with Crippen molar-refractivity contribution >= 4 is 5.91 Å². The second-order valence-corrected chi connectivity index (χ2v) is 7.68. The SMILES string of the molecule is Cc1ncc(C(=O)N2CCC3(CC2)C[C@H](O)C[C@H](C(C)C)O3)c(=O)[nH]1. The van der Waals surface area contributed by atoms with E-state index >= 15 is 0 Å². The molecule has 0 saturated carbocycles. The largest absolute Gasteiger partial charge is 0.393 e. The molecule has 2 atom stereocenters. The van der Waals surface area contributed by atoms with Gasteiger partial charge in [-0.3, -0.25) is 9.59 Å². The first-order valence-corrected chi connectivity index (χ1v) is 9.01. The molecule has 2 aliphatic rings. The van der Waals surface area contributed by atoms with E-state index in [2.05, 4.69) is 23.8 Å². The van der Waals surface area contributed by atoms with Crippen LogP contribution in [0.3, 0.4) is 0 Å². The molecule has 2 saturated heterocycles. The van der Waals surface area contributed by atoms with Crippen LogP contribution in [0, 0.1) is 12.8 Å². The van der Waals surface area contributed by atoms with Crippen LogP contribution in [0.25, 0.3) is 0 Å². The average molecular weight is 349 g/mol. The third kappa shape index (κ3) is 3.77. The van der Waals surface area contributed by atoms with Crippen LogP contribution in [0.15, 0.2) is 11.0 Å². The van der Waals surface area contributed by atoms with E-state index in [-0.39, 0.29) is 29.3 Å². The maximum atomic E-state index is 12.6. The topological polar surface area (TPSA) is 95.5 Å². The van der Waals surface area contributed by atoms with Gasteiger partial charge in [0.1, 0.15) is 11.4 Å². The van der Waals surface area contributed by atoms with E-state index in [4.69, 9.17) is 4.74 Å². The summed E-state index contributed by atoms with van der Waals surface area (Å²) in [6.07, 6.45) is 3.68. The van der Waals surface area contributed by atoms with Crippen LogP contribution in [-0.2, 0) is 4.74 Å². The second-order valence-electron chi connectivity index (χ2n) is 7.68. The van der Waals surface area contributed by atoms with Crippen LogP contribution < -0.4 is 5.56 Å². The molecule has 7 heteroatoms. The van der Waals surface area contributed by atoms with Crippen LogP contribution in [-0.4, -0.2) is 56.8 Å². The van der Waals surface area contributed by atoms with Crippen molar-refractivity contribution in [2.45, 2.75) is 64.3 Å². The fourth-order valence-corrected chi connectivity index (χ4v) is 3.85. The number of carbonyl (C=O) groups is 1. The molecule has 2 aliphatic heterocycles. The maximum absolute atomic E-state index is 12.6. The number of ether oxygens (including phenoxy) is 1. The van der Waals surface area contributed by atoms with Gasteiger partial charge in [-0.05, 0) is 32.1 Å². The molecule has 0 aliphatic carbocycles. The number of aromatic nitrogens is 2. The Morgan fingerprint density at radius 3 is 2.72 bits per heavy atom. The van der Waals surface area contributed by atoms with Crippen molar-refractivity contribution in [3.63, 3.8) is 0 Å². The number of aromatic amines is 1. The summed E-state index contributed by atoms with van der Waals surface area (Å²) in [5.74, 6) is 0.549. The maximum Gasteiger partial charge on any atom is 0.263 e. The predicted molar refractivity (Wildman–Crippen MR) is 92.4 cm³/mol. The zero-order chi connectivity index (χ0) is 18.2. The zero-order valence-electron chi connectivity index (χ0n) is 15.1. The minimum Gasteiger partial charge on any atom is -0.393 e. The minimum absolute atomic E-state index is 0.0511. The number of piperidine rings is 1. The van der Waals surface area contributed by atoms with Gasteiger partial charge in [-0.15, -0.1) is 0 Å². The lowest BCUT2D eigenvalue weighted by molar-refractivity contribution is -0.190. The van der Waals surface area contributed by atoms with E-state index in [1.807, 2.05) is 0 Å². The van der Waals surface area contributed by atoms with Gasteiger partial charge < -0.3 is 19.7 Å². The first kappa shape index (κ1) is 18.1. The van der Waals surface area contributed by atoms with Crippen molar-refractivity contribution < 1.29 is 14.6 Å². The van der Waals surface area contributed by atoms with E-state index in [0.717, 1.165) is 0 Å². The highest BCUT2D eigenvalue weighted by Gasteiger charge is 2.44. The highest BCUT2D eigenvalue weighted by molar-refractivity contribution is 5.93. The van der Waals surface area contributed by atoms with Gasteiger partial charge in [0.2, 0.25) is 0 Å². The molecule has 0 radical (unpaired) electrons. The molecule has 1 amide bonds. The van der Waals surface area contributed by atoms with Crippen molar-refractivity contribution in [3.05, 3.63) is 27.9 Å². The van der Waals surface area contributed by atoms with Crippen LogP contribution in [0.2, 0.25) is 0 Å². The Balaban J connectivity index is 1.69. The molecule has 138 valence electrons.